The first-order valence-corrected chi connectivity index (χ1v) is 8.21. The Kier molecular flexibility index (Phi) is 4.73. The zero-order chi connectivity index (χ0) is 19.7. The van der Waals surface area contributed by atoms with Gasteiger partial charge in [-0.2, -0.15) is 0 Å². The van der Waals surface area contributed by atoms with Crippen molar-refractivity contribution in [2.24, 2.45) is 0 Å². The standard InChI is InChI=1S/C21H18O6/c1-11-5-3-4-6-12(11)8-15(22)13-7-14-10-17(27-2)20(25)21(26)18(14)19(24)16(23)9-13/h3-7,9-10,25-26H,8H2,1-2H3,(H,23,24). The van der Waals surface area contributed by atoms with Crippen molar-refractivity contribution in [2.45, 2.75) is 13.3 Å². The lowest BCUT2D eigenvalue weighted by atomic mass is 10.00. The van der Waals surface area contributed by atoms with Gasteiger partial charge in [0.15, 0.2) is 23.0 Å². The third-order valence-corrected chi connectivity index (χ3v) is 4.49. The fraction of sp³-hybridized carbons (Fsp3) is 0.143. The molecular formula is C21H18O6. The molecule has 0 fully saturated rings. The van der Waals surface area contributed by atoms with Crippen LogP contribution in [0.15, 0.2) is 47.3 Å². The minimum atomic E-state index is -0.835. The molecule has 0 aliphatic heterocycles. The number of hydrogen-bond acceptors (Lipinski definition) is 6. The SMILES string of the molecule is COc1cc2cc(C(=O)Cc3ccccc3C)cc(=O)c(O)c2c(O)c1O. The van der Waals surface area contributed by atoms with Crippen molar-refractivity contribution < 1.29 is 24.9 Å². The summed E-state index contributed by atoms with van der Waals surface area (Å²) in [6, 6.07) is 11.2. The molecule has 0 radical (unpaired) electrons. The van der Waals surface area contributed by atoms with Gasteiger partial charge in [-0.15, -0.1) is 0 Å². The molecule has 0 amide bonds. The highest BCUT2D eigenvalue weighted by Crippen LogP contribution is 2.43. The van der Waals surface area contributed by atoms with E-state index in [1.165, 1.54) is 19.2 Å². The van der Waals surface area contributed by atoms with Crippen molar-refractivity contribution in [3.8, 4) is 23.0 Å². The van der Waals surface area contributed by atoms with Crippen LogP contribution < -0.4 is 10.2 Å². The summed E-state index contributed by atoms with van der Waals surface area (Å²) in [4.78, 5) is 25.0. The number of phenolic OH excluding ortho intramolecular Hbond substituents is 2. The lowest BCUT2D eigenvalue weighted by Gasteiger charge is -2.08. The van der Waals surface area contributed by atoms with E-state index in [0.717, 1.165) is 17.2 Å². The van der Waals surface area contributed by atoms with Gasteiger partial charge in [0.25, 0.3) is 0 Å². The van der Waals surface area contributed by atoms with Gasteiger partial charge in [0, 0.05) is 18.1 Å². The fourth-order valence-electron chi connectivity index (χ4n) is 2.96. The minimum absolute atomic E-state index is 0.0460. The van der Waals surface area contributed by atoms with Crippen LogP contribution in [0.3, 0.4) is 0 Å². The summed E-state index contributed by atoms with van der Waals surface area (Å²) in [5.41, 5.74) is 1.03. The highest BCUT2D eigenvalue weighted by molar-refractivity contribution is 6.03. The molecule has 0 spiro atoms. The van der Waals surface area contributed by atoms with Crippen LogP contribution in [0.2, 0.25) is 0 Å². The van der Waals surface area contributed by atoms with Crippen molar-refractivity contribution >= 4 is 16.6 Å². The monoisotopic (exact) mass is 366 g/mol. The molecule has 0 aromatic heterocycles. The average Bonchev–Trinajstić information content (AvgIpc) is 2.77. The molecule has 6 nitrogen and oxygen atoms in total. The molecule has 0 aliphatic rings. The first-order valence-electron chi connectivity index (χ1n) is 8.21. The Morgan fingerprint density at radius 1 is 1.00 bits per heavy atom. The first-order chi connectivity index (χ1) is 12.8. The average molecular weight is 366 g/mol. The summed E-state index contributed by atoms with van der Waals surface area (Å²) < 4.78 is 4.99. The number of Topliss-reactive ketones (excluding diaryl/α,β-unsaturated/α-hetero) is 1. The summed E-state index contributed by atoms with van der Waals surface area (Å²) in [6.45, 7) is 1.89. The Morgan fingerprint density at radius 3 is 2.37 bits per heavy atom. The molecule has 0 aliphatic carbocycles. The van der Waals surface area contributed by atoms with E-state index in [-0.39, 0.29) is 34.3 Å². The highest BCUT2D eigenvalue weighted by atomic mass is 16.5. The summed E-state index contributed by atoms with van der Waals surface area (Å²) >= 11 is 0. The number of methoxy groups -OCH3 is 1. The van der Waals surface area contributed by atoms with Crippen LogP contribution in [-0.4, -0.2) is 28.2 Å². The predicted octanol–water partition coefficient (Wildman–Crippen LogP) is 3.06. The van der Waals surface area contributed by atoms with Gasteiger partial charge < -0.3 is 20.1 Å². The number of carbonyl (C=O) groups is 1. The summed E-state index contributed by atoms with van der Waals surface area (Å²) in [6.07, 6.45) is 0.0829. The number of rotatable bonds is 4. The fourth-order valence-corrected chi connectivity index (χ4v) is 2.96. The van der Waals surface area contributed by atoms with Gasteiger partial charge >= 0.3 is 0 Å². The van der Waals surface area contributed by atoms with Crippen LogP contribution in [0.4, 0.5) is 0 Å². The van der Waals surface area contributed by atoms with Crippen molar-refractivity contribution in [2.75, 3.05) is 7.11 Å². The third-order valence-electron chi connectivity index (χ3n) is 4.49. The van der Waals surface area contributed by atoms with Gasteiger partial charge in [0.05, 0.1) is 12.5 Å². The first kappa shape index (κ1) is 18.3. The van der Waals surface area contributed by atoms with Gasteiger partial charge in [-0.05, 0) is 35.6 Å². The van der Waals surface area contributed by atoms with Gasteiger partial charge in [0.2, 0.25) is 11.2 Å². The zero-order valence-corrected chi connectivity index (χ0v) is 14.8. The second kappa shape index (κ2) is 6.99. The second-order valence-electron chi connectivity index (χ2n) is 6.22. The molecule has 3 aromatic carbocycles. The Balaban J connectivity index is 2.22. The van der Waals surface area contributed by atoms with Crippen LogP contribution in [0.5, 0.6) is 23.0 Å². The van der Waals surface area contributed by atoms with Crippen molar-refractivity contribution in [3.05, 3.63) is 69.4 Å². The van der Waals surface area contributed by atoms with Crippen molar-refractivity contribution in [3.63, 3.8) is 0 Å². The van der Waals surface area contributed by atoms with E-state index >= 15 is 0 Å². The van der Waals surface area contributed by atoms with E-state index in [1.54, 1.807) is 0 Å². The maximum atomic E-state index is 12.8. The topological polar surface area (TPSA) is 104 Å². The van der Waals surface area contributed by atoms with Gasteiger partial charge in [-0.25, -0.2) is 0 Å². The summed E-state index contributed by atoms with van der Waals surface area (Å²) in [5, 5.41) is 30.3. The van der Waals surface area contributed by atoms with Gasteiger partial charge in [0.1, 0.15) is 0 Å². The maximum absolute atomic E-state index is 12.8. The molecule has 3 N–H and O–H groups in total. The van der Waals surface area contributed by atoms with E-state index in [2.05, 4.69) is 0 Å². The Labute approximate surface area is 154 Å². The molecule has 0 bridgehead atoms. The second-order valence-corrected chi connectivity index (χ2v) is 6.22. The normalized spacial score (nSPS) is 10.7. The number of aryl methyl sites for hydroxylation is 1. The van der Waals surface area contributed by atoms with Gasteiger partial charge in [-0.1, -0.05) is 24.3 Å². The summed E-state index contributed by atoms with van der Waals surface area (Å²) in [7, 11) is 1.30. The van der Waals surface area contributed by atoms with E-state index in [9.17, 15) is 24.9 Å². The number of aromatic hydroxyl groups is 3. The van der Waals surface area contributed by atoms with Crippen LogP contribution in [-0.2, 0) is 6.42 Å². The smallest absolute Gasteiger partial charge is 0.221 e. The Morgan fingerprint density at radius 2 is 1.70 bits per heavy atom. The van der Waals surface area contributed by atoms with Crippen LogP contribution in [0.25, 0.3) is 10.8 Å². The molecular weight excluding hydrogens is 348 g/mol. The van der Waals surface area contributed by atoms with Crippen molar-refractivity contribution in [1.29, 1.82) is 0 Å². The molecule has 3 aromatic rings. The largest absolute Gasteiger partial charge is 0.504 e. The van der Waals surface area contributed by atoms with E-state index in [4.69, 9.17) is 4.74 Å². The lowest BCUT2D eigenvalue weighted by molar-refractivity contribution is 0.0993. The van der Waals surface area contributed by atoms with Gasteiger partial charge in [-0.3, -0.25) is 9.59 Å². The molecule has 0 heterocycles. The molecule has 0 atom stereocenters. The summed E-state index contributed by atoms with van der Waals surface area (Å²) in [5.74, 6) is -2.40. The minimum Gasteiger partial charge on any atom is -0.504 e. The molecule has 0 unspecified atom stereocenters. The van der Waals surface area contributed by atoms with E-state index < -0.39 is 22.7 Å². The highest BCUT2D eigenvalue weighted by Gasteiger charge is 2.19. The molecule has 3 rings (SSSR count). The lowest BCUT2D eigenvalue weighted by Crippen LogP contribution is -2.06. The van der Waals surface area contributed by atoms with Crippen LogP contribution >= 0.6 is 0 Å². The number of carbonyl (C=O) groups excluding carboxylic acids is 1. The number of ketones is 1. The molecule has 0 saturated heterocycles. The molecule has 27 heavy (non-hydrogen) atoms. The van der Waals surface area contributed by atoms with Crippen molar-refractivity contribution in [1.82, 2.24) is 0 Å². The molecule has 6 heteroatoms. The Hall–Kier alpha value is -3.54. The zero-order valence-electron chi connectivity index (χ0n) is 14.8. The Bertz CT molecular complexity index is 1120. The number of phenols is 2. The number of ether oxygens (including phenoxy) is 1. The number of fused-ring (bicyclic) bond motifs is 1. The van der Waals surface area contributed by atoms with E-state index in [0.29, 0.717) is 0 Å². The molecule has 0 saturated carbocycles. The maximum Gasteiger partial charge on any atom is 0.221 e. The van der Waals surface area contributed by atoms with Crippen LogP contribution in [0.1, 0.15) is 21.5 Å². The quantitative estimate of drug-likeness (QED) is 0.484. The van der Waals surface area contributed by atoms with E-state index in [1.807, 2.05) is 31.2 Å². The third kappa shape index (κ3) is 3.29. The van der Waals surface area contributed by atoms with Crippen LogP contribution in [0, 0.1) is 6.92 Å². The molecule has 138 valence electrons. The number of benzene rings is 2. The number of hydrogen-bond donors (Lipinski definition) is 3. The predicted molar refractivity (Wildman–Crippen MR) is 101 cm³/mol.